The van der Waals surface area contributed by atoms with Gasteiger partial charge in [0.05, 0.1) is 35.7 Å². The molecule has 0 radical (unpaired) electrons. The van der Waals surface area contributed by atoms with Gasteiger partial charge >= 0.3 is 5.97 Å². The Morgan fingerprint density at radius 3 is 2.47 bits per heavy atom. The lowest BCUT2D eigenvalue weighted by Gasteiger charge is -2.10. The second kappa shape index (κ2) is 10.4. The maximum absolute atomic E-state index is 12.5. The van der Waals surface area contributed by atoms with Crippen molar-refractivity contribution >= 4 is 56.0 Å². The molecule has 0 fully saturated rings. The van der Waals surface area contributed by atoms with Crippen molar-refractivity contribution in [3.05, 3.63) is 44.2 Å². The molecule has 30 heavy (non-hydrogen) atoms. The van der Waals surface area contributed by atoms with Crippen LogP contribution >= 0.6 is 27.3 Å². The van der Waals surface area contributed by atoms with E-state index >= 15 is 0 Å². The SMILES string of the molecule is CCOC(=O)c1c(NC(=O)/C=C/c2cc(Br)c(OC)c(OC)c2)sc(C(C)=O)c1C. The van der Waals surface area contributed by atoms with Gasteiger partial charge in [-0.15, -0.1) is 11.3 Å². The molecule has 0 saturated carbocycles. The Hall–Kier alpha value is -2.65. The molecule has 2 aromatic rings. The molecule has 0 aliphatic rings. The fraction of sp³-hybridized carbons (Fsp3) is 0.286. The number of ketones is 1. The van der Waals surface area contributed by atoms with Crippen LogP contribution in [0.3, 0.4) is 0 Å². The first kappa shape index (κ1) is 23.6. The fourth-order valence-electron chi connectivity index (χ4n) is 2.75. The molecule has 1 aromatic heterocycles. The van der Waals surface area contributed by atoms with Crippen molar-refractivity contribution < 1.29 is 28.6 Å². The normalized spacial score (nSPS) is 10.7. The van der Waals surface area contributed by atoms with Crippen LogP contribution in [-0.4, -0.2) is 38.5 Å². The number of methoxy groups -OCH3 is 2. The molecular formula is C21H22BrNO6S. The lowest BCUT2D eigenvalue weighted by atomic mass is 10.1. The molecule has 0 spiro atoms. The summed E-state index contributed by atoms with van der Waals surface area (Å²) >= 11 is 4.45. The van der Waals surface area contributed by atoms with Crippen molar-refractivity contribution in [1.29, 1.82) is 0 Å². The zero-order chi connectivity index (χ0) is 22.4. The van der Waals surface area contributed by atoms with Crippen molar-refractivity contribution in [2.45, 2.75) is 20.8 Å². The highest BCUT2D eigenvalue weighted by Crippen LogP contribution is 2.37. The van der Waals surface area contributed by atoms with E-state index in [4.69, 9.17) is 14.2 Å². The quantitative estimate of drug-likeness (QED) is 0.319. The number of rotatable bonds is 8. The summed E-state index contributed by atoms with van der Waals surface area (Å²) in [6.07, 6.45) is 2.92. The molecule has 1 aromatic carbocycles. The summed E-state index contributed by atoms with van der Waals surface area (Å²) in [6.45, 7) is 4.94. The molecule has 1 amide bonds. The van der Waals surface area contributed by atoms with E-state index in [-0.39, 0.29) is 23.0 Å². The Kier molecular flexibility index (Phi) is 8.19. The summed E-state index contributed by atoms with van der Waals surface area (Å²) in [7, 11) is 3.05. The van der Waals surface area contributed by atoms with E-state index in [1.165, 1.54) is 27.2 Å². The summed E-state index contributed by atoms with van der Waals surface area (Å²) in [5.41, 5.74) is 1.39. The molecular weight excluding hydrogens is 474 g/mol. The second-order valence-corrected chi connectivity index (χ2v) is 7.97. The van der Waals surface area contributed by atoms with Gasteiger partial charge in [-0.1, -0.05) is 0 Å². The van der Waals surface area contributed by atoms with Crippen LogP contribution in [0.15, 0.2) is 22.7 Å². The minimum atomic E-state index is -0.582. The highest BCUT2D eigenvalue weighted by molar-refractivity contribution is 9.10. The van der Waals surface area contributed by atoms with Gasteiger partial charge in [0.15, 0.2) is 17.3 Å². The van der Waals surface area contributed by atoms with Crippen LogP contribution in [0.2, 0.25) is 0 Å². The predicted molar refractivity (Wildman–Crippen MR) is 120 cm³/mol. The summed E-state index contributed by atoms with van der Waals surface area (Å²) in [4.78, 5) is 37.1. The van der Waals surface area contributed by atoms with Gasteiger partial charge < -0.3 is 19.5 Å². The van der Waals surface area contributed by atoms with E-state index in [0.717, 1.165) is 11.3 Å². The molecule has 7 nitrogen and oxygen atoms in total. The first-order valence-electron chi connectivity index (χ1n) is 8.95. The number of thiophene rings is 1. The van der Waals surface area contributed by atoms with Gasteiger partial charge in [-0.2, -0.15) is 0 Å². The molecule has 0 unspecified atom stereocenters. The molecule has 0 aliphatic heterocycles. The van der Waals surface area contributed by atoms with E-state index in [9.17, 15) is 14.4 Å². The molecule has 2 rings (SSSR count). The van der Waals surface area contributed by atoms with Gasteiger partial charge in [0.2, 0.25) is 5.91 Å². The Morgan fingerprint density at radius 1 is 1.20 bits per heavy atom. The van der Waals surface area contributed by atoms with Gasteiger partial charge in [-0.3, -0.25) is 9.59 Å². The number of hydrogen-bond acceptors (Lipinski definition) is 7. The van der Waals surface area contributed by atoms with E-state index in [1.54, 1.807) is 32.1 Å². The number of carbonyl (C=O) groups is 3. The predicted octanol–water partition coefficient (Wildman–Crippen LogP) is 4.87. The number of benzene rings is 1. The van der Waals surface area contributed by atoms with Crippen molar-refractivity contribution in [2.24, 2.45) is 0 Å². The summed E-state index contributed by atoms with van der Waals surface area (Å²) in [5.74, 6) is -0.167. The molecule has 0 saturated heterocycles. The van der Waals surface area contributed by atoms with Crippen LogP contribution < -0.4 is 14.8 Å². The Balaban J connectivity index is 2.30. The Bertz CT molecular complexity index is 1010. The fourth-order valence-corrected chi connectivity index (χ4v) is 4.46. The third-order valence-corrected chi connectivity index (χ3v) is 5.96. The van der Waals surface area contributed by atoms with Crippen molar-refractivity contribution in [3.63, 3.8) is 0 Å². The highest BCUT2D eigenvalue weighted by Gasteiger charge is 2.24. The number of esters is 1. The summed E-state index contributed by atoms with van der Waals surface area (Å²) in [6, 6.07) is 3.50. The molecule has 1 heterocycles. The number of halogens is 1. The third kappa shape index (κ3) is 5.28. The average molecular weight is 496 g/mol. The molecule has 1 N–H and O–H groups in total. The summed E-state index contributed by atoms with van der Waals surface area (Å²) < 4.78 is 16.3. The van der Waals surface area contributed by atoms with Crippen LogP contribution in [-0.2, 0) is 9.53 Å². The van der Waals surface area contributed by atoms with Gasteiger partial charge in [0.1, 0.15) is 5.00 Å². The minimum Gasteiger partial charge on any atom is -0.493 e. The summed E-state index contributed by atoms with van der Waals surface area (Å²) in [5, 5.41) is 2.95. The zero-order valence-electron chi connectivity index (χ0n) is 17.3. The second-order valence-electron chi connectivity index (χ2n) is 6.10. The van der Waals surface area contributed by atoms with E-state index in [2.05, 4.69) is 21.2 Å². The maximum Gasteiger partial charge on any atom is 0.341 e. The van der Waals surface area contributed by atoms with Crippen molar-refractivity contribution in [2.75, 3.05) is 26.1 Å². The maximum atomic E-state index is 12.5. The number of carbonyl (C=O) groups excluding carboxylic acids is 3. The number of ether oxygens (including phenoxy) is 3. The first-order chi connectivity index (χ1) is 14.2. The zero-order valence-corrected chi connectivity index (χ0v) is 19.7. The molecule has 0 aliphatic carbocycles. The van der Waals surface area contributed by atoms with Gasteiger partial charge in [-0.25, -0.2) is 4.79 Å². The first-order valence-corrected chi connectivity index (χ1v) is 10.6. The Morgan fingerprint density at radius 2 is 1.90 bits per heavy atom. The van der Waals surface area contributed by atoms with Gasteiger partial charge in [0, 0.05) is 6.08 Å². The largest absolute Gasteiger partial charge is 0.493 e. The Labute approximate surface area is 187 Å². The molecule has 160 valence electrons. The van der Waals surface area contributed by atoms with Crippen molar-refractivity contribution in [1.82, 2.24) is 0 Å². The lowest BCUT2D eigenvalue weighted by molar-refractivity contribution is -0.111. The van der Waals surface area contributed by atoms with Crippen LogP contribution in [0.5, 0.6) is 11.5 Å². The van der Waals surface area contributed by atoms with Gasteiger partial charge in [0.25, 0.3) is 0 Å². The highest BCUT2D eigenvalue weighted by atomic mass is 79.9. The standard InChI is InChI=1S/C21H22BrNO6S/c1-6-29-21(26)17-11(2)19(12(3)24)30-20(17)23-16(25)8-7-13-9-14(22)18(28-5)15(10-13)27-4/h7-10H,6H2,1-5H3,(H,23,25)/b8-7+. The number of anilines is 1. The number of Topliss-reactive ketones (excluding diaryl/α,β-unsaturated/α-hetero) is 1. The molecule has 0 bridgehead atoms. The van der Waals surface area contributed by atoms with Crippen LogP contribution in [0, 0.1) is 6.92 Å². The van der Waals surface area contributed by atoms with E-state index < -0.39 is 11.9 Å². The smallest absolute Gasteiger partial charge is 0.341 e. The molecule has 9 heteroatoms. The van der Waals surface area contributed by atoms with Crippen LogP contribution in [0.25, 0.3) is 6.08 Å². The molecule has 0 atom stereocenters. The van der Waals surface area contributed by atoms with Crippen molar-refractivity contribution in [3.8, 4) is 11.5 Å². The number of amides is 1. The third-order valence-electron chi connectivity index (χ3n) is 4.07. The topological polar surface area (TPSA) is 90.9 Å². The number of hydrogen-bond donors (Lipinski definition) is 1. The number of nitrogens with one attached hydrogen (secondary N) is 1. The van der Waals surface area contributed by atoms with E-state index in [1.807, 2.05) is 0 Å². The van der Waals surface area contributed by atoms with Crippen LogP contribution in [0.1, 0.15) is 45.0 Å². The monoisotopic (exact) mass is 495 g/mol. The minimum absolute atomic E-state index is 0.186. The lowest BCUT2D eigenvalue weighted by Crippen LogP contribution is -2.12. The van der Waals surface area contributed by atoms with Crippen LogP contribution in [0.4, 0.5) is 5.00 Å². The van der Waals surface area contributed by atoms with E-state index in [0.29, 0.717) is 32.0 Å². The average Bonchev–Trinajstić information content (AvgIpc) is 3.02. The van der Waals surface area contributed by atoms with Gasteiger partial charge in [-0.05, 0) is 66.0 Å².